The van der Waals surface area contributed by atoms with Gasteiger partial charge in [-0.25, -0.2) is 4.98 Å². The number of hydrogen-bond acceptors (Lipinski definition) is 3. The molecule has 1 amide bonds. The molecule has 5 heteroatoms. The van der Waals surface area contributed by atoms with E-state index in [1.54, 1.807) is 6.20 Å². The van der Waals surface area contributed by atoms with E-state index in [0.29, 0.717) is 5.56 Å². The van der Waals surface area contributed by atoms with Crippen LogP contribution in [0.1, 0.15) is 34.7 Å². The van der Waals surface area contributed by atoms with Crippen molar-refractivity contribution in [1.29, 1.82) is 0 Å². The van der Waals surface area contributed by atoms with Gasteiger partial charge in [0.05, 0.1) is 0 Å². The Hall–Kier alpha value is -3.08. The number of aromatic nitrogens is 2. The molecule has 0 aliphatic rings. The van der Waals surface area contributed by atoms with Crippen molar-refractivity contribution in [3.63, 3.8) is 0 Å². The quantitative estimate of drug-likeness (QED) is 0.743. The minimum Gasteiger partial charge on any atom is -0.375 e. The van der Waals surface area contributed by atoms with E-state index < -0.39 is 0 Å². The molecule has 26 heavy (non-hydrogen) atoms. The van der Waals surface area contributed by atoms with E-state index in [1.807, 2.05) is 79.5 Å². The second kappa shape index (κ2) is 7.87. The number of carbonyl (C=O) groups is 1. The van der Waals surface area contributed by atoms with E-state index in [2.05, 4.69) is 22.1 Å². The van der Waals surface area contributed by atoms with Crippen molar-refractivity contribution >= 4 is 11.6 Å². The number of rotatable bonds is 6. The Labute approximate surface area is 154 Å². The maximum Gasteiger partial charge on any atom is 0.252 e. The Balaban J connectivity index is 1.85. The first-order valence-corrected chi connectivity index (χ1v) is 8.74. The Kier molecular flexibility index (Phi) is 5.37. The highest BCUT2D eigenvalue weighted by Gasteiger charge is 2.21. The second-order valence-corrected chi connectivity index (χ2v) is 6.27. The van der Waals surface area contributed by atoms with Crippen LogP contribution in [0.2, 0.25) is 0 Å². The summed E-state index contributed by atoms with van der Waals surface area (Å²) in [4.78, 5) is 19.4. The van der Waals surface area contributed by atoms with Gasteiger partial charge in [-0.15, -0.1) is 0 Å². The Morgan fingerprint density at radius 1 is 1.15 bits per heavy atom. The van der Waals surface area contributed by atoms with E-state index in [9.17, 15) is 4.79 Å². The predicted molar refractivity (Wildman–Crippen MR) is 104 cm³/mol. The molecule has 0 bridgehead atoms. The van der Waals surface area contributed by atoms with Crippen LogP contribution in [0, 0.1) is 0 Å². The molecule has 0 aliphatic carbocycles. The fourth-order valence-electron chi connectivity index (χ4n) is 2.86. The molecule has 1 aromatic heterocycles. The number of hydrogen-bond donors (Lipinski definition) is 1. The van der Waals surface area contributed by atoms with Gasteiger partial charge in [0.15, 0.2) is 0 Å². The average molecular weight is 348 g/mol. The van der Waals surface area contributed by atoms with Crippen LogP contribution in [0.3, 0.4) is 0 Å². The van der Waals surface area contributed by atoms with Gasteiger partial charge in [-0.2, -0.15) is 0 Å². The summed E-state index contributed by atoms with van der Waals surface area (Å²) in [6.07, 6.45) is 3.62. The van der Waals surface area contributed by atoms with Crippen molar-refractivity contribution in [2.75, 3.05) is 18.5 Å². The predicted octanol–water partition coefficient (Wildman–Crippen LogP) is 3.40. The van der Waals surface area contributed by atoms with E-state index in [1.165, 1.54) is 0 Å². The molecule has 0 unspecified atom stereocenters. The first kappa shape index (κ1) is 17.7. The maximum atomic E-state index is 12.8. The highest BCUT2D eigenvalue weighted by molar-refractivity contribution is 5.95. The highest BCUT2D eigenvalue weighted by atomic mass is 16.1. The third kappa shape index (κ3) is 3.77. The van der Waals surface area contributed by atoms with E-state index in [0.717, 1.165) is 23.6 Å². The van der Waals surface area contributed by atoms with Crippen LogP contribution in [0.25, 0.3) is 0 Å². The van der Waals surface area contributed by atoms with Gasteiger partial charge in [-0.05, 0) is 36.8 Å². The second-order valence-electron chi connectivity index (χ2n) is 6.27. The molecular formula is C21H24N4O. The molecule has 0 fully saturated rings. The molecule has 2 aromatic carbocycles. The lowest BCUT2D eigenvalue weighted by atomic mass is 10.1. The molecule has 0 saturated carbocycles. The summed E-state index contributed by atoms with van der Waals surface area (Å²) >= 11 is 0. The number of benzene rings is 2. The molecule has 134 valence electrons. The monoisotopic (exact) mass is 348 g/mol. The first-order chi connectivity index (χ1) is 12.6. The number of amides is 1. The van der Waals surface area contributed by atoms with Crippen LogP contribution in [0.15, 0.2) is 67.0 Å². The fourth-order valence-corrected chi connectivity index (χ4v) is 2.86. The van der Waals surface area contributed by atoms with Crippen LogP contribution in [-0.4, -0.2) is 29.1 Å². The fraction of sp³-hybridized carbons (Fsp3) is 0.238. The third-order valence-electron chi connectivity index (χ3n) is 4.57. The molecule has 0 radical (unpaired) electrons. The molecule has 0 saturated heterocycles. The van der Waals surface area contributed by atoms with Crippen molar-refractivity contribution in [3.8, 4) is 0 Å². The number of carbonyl (C=O) groups excluding carboxylic acids is 1. The summed E-state index contributed by atoms with van der Waals surface area (Å²) in [6.45, 7) is 3.01. The van der Waals surface area contributed by atoms with E-state index >= 15 is 0 Å². The van der Waals surface area contributed by atoms with Crippen LogP contribution < -0.4 is 10.2 Å². The molecule has 5 nitrogen and oxygen atoms in total. The summed E-state index contributed by atoms with van der Waals surface area (Å²) < 4.78 is 1.93. The molecule has 1 heterocycles. The highest BCUT2D eigenvalue weighted by Crippen LogP contribution is 2.21. The molecule has 1 N–H and O–H groups in total. The van der Waals surface area contributed by atoms with Gasteiger partial charge in [-0.3, -0.25) is 4.79 Å². The topological polar surface area (TPSA) is 50.2 Å². The zero-order chi connectivity index (χ0) is 18.5. The Bertz CT molecular complexity index is 855. The number of aryl methyl sites for hydroxylation is 1. The van der Waals surface area contributed by atoms with Gasteiger partial charge in [0.1, 0.15) is 11.9 Å². The summed E-state index contributed by atoms with van der Waals surface area (Å²) in [7, 11) is 3.96. The van der Waals surface area contributed by atoms with Gasteiger partial charge < -0.3 is 14.8 Å². The van der Waals surface area contributed by atoms with Gasteiger partial charge in [0.25, 0.3) is 5.91 Å². The van der Waals surface area contributed by atoms with Crippen LogP contribution in [0.4, 0.5) is 5.69 Å². The van der Waals surface area contributed by atoms with Crippen molar-refractivity contribution in [3.05, 3.63) is 83.9 Å². The molecular weight excluding hydrogens is 324 g/mol. The summed E-state index contributed by atoms with van der Waals surface area (Å²) in [6, 6.07) is 17.2. The zero-order valence-electron chi connectivity index (χ0n) is 15.4. The smallest absolute Gasteiger partial charge is 0.252 e. The number of anilines is 1. The van der Waals surface area contributed by atoms with Crippen LogP contribution in [-0.2, 0) is 7.05 Å². The van der Waals surface area contributed by atoms with Gasteiger partial charge in [-0.1, -0.05) is 30.3 Å². The first-order valence-electron chi connectivity index (χ1n) is 8.74. The van der Waals surface area contributed by atoms with Crippen molar-refractivity contribution in [2.24, 2.45) is 7.05 Å². The molecule has 0 spiro atoms. The van der Waals surface area contributed by atoms with Gasteiger partial charge >= 0.3 is 0 Å². The third-order valence-corrected chi connectivity index (χ3v) is 4.57. The van der Waals surface area contributed by atoms with E-state index in [-0.39, 0.29) is 11.9 Å². The van der Waals surface area contributed by atoms with Crippen LogP contribution >= 0.6 is 0 Å². The summed E-state index contributed by atoms with van der Waals surface area (Å²) in [5.74, 6) is 0.680. The Morgan fingerprint density at radius 3 is 2.42 bits per heavy atom. The minimum absolute atomic E-state index is 0.118. The van der Waals surface area contributed by atoms with Crippen LogP contribution in [0.5, 0.6) is 0 Å². The minimum atomic E-state index is -0.304. The number of nitrogens with zero attached hydrogens (tertiary/aromatic N) is 3. The number of nitrogens with one attached hydrogen (secondary N) is 1. The molecule has 0 aliphatic heterocycles. The lowest BCUT2D eigenvalue weighted by molar-refractivity contribution is 0.0941. The maximum absolute atomic E-state index is 12.8. The van der Waals surface area contributed by atoms with Gasteiger partial charge in [0.2, 0.25) is 0 Å². The number of imidazole rings is 1. The van der Waals surface area contributed by atoms with E-state index in [4.69, 9.17) is 0 Å². The normalized spacial score (nSPS) is 11.8. The molecule has 1 atom stereocenters. The molecule has 3 rings (SSSR count). The van der Waals surface area contributed by atoms with Gasteiger partial charge in [0, 0.05) is 44.3 Å². The lowest BCUT2D eigenvalue weighted by Crippen LogP contribution is -2.31. The summed E-state index contributed by atoms with van der Waals surface area (Å²) in [5, 5.41) is 3.12. The van der Waals surface area contributed by atoms with Crippen molar-refractivity contribution in [1.82, 2.24) is 14.9 Å². The zero-order valence-corrected chi connectivity index (χ0v) is 15.4. The van der Waals surface area contributed by atoms with Crippen molar-refractivity contribution < 1.29 is 4.79 Å². The Morgan fingerprint density at radius 2 is 1.85 bits per heavy atom. The average Bonchev–Trinajstić information content (AvgIpc) is 3.11. The lowest BCUT2D eigenvalue weighted by Gasteiger charge is -2.20. The standard InChI is InChI=1S/C21H24N4O/c1-4-24(2)18-12-10-17(11-13-18)21(26)23-19(16-8-6-5-7-9-16)20-22-14-15-25(20)3/h5-15,19H,4H2,1-3H3,(H,23,26)/t19-/m1/s1. The van der Waals surface area contributed by atoms with Crippen molar-refractivity contribution in [2.45, 2.75) is 13.0 Å². The largest absolute Gasteiger partial charge is 0.375 e. The SMILES string of the molecule is CCN(C)c1ccc(C(=O)N[C@H](c2ccccc2)c2nccn2C)cc1. The summed E-state index contributed by atoms with van der Waals surface area (Å²) in [5.41, 5.74) is 2.72. The molecule has 3 aromatic rings.